The molecular weight excluding hydrogens is 554 g/mol. The molecule has 1 unspecified atom stereocenters. The van der Waals surface area contributed by atoms with Crippen molar-refractivity contribution in [3.63, 3.8) is 0 Å². The smallest absolute Gasteiger partial charge is 0.281 e. The second-order valence-electron chi connectivity index (χ2n) is 12.8. The van der Waals surface area contributed by atoms with Crippen LogP contribution in [0.1, 0.15) is 76.1 Å². The summed E-state index contributed by atoms with van der Waals surface area (Å²) in [6, 6.07) is 8.16. The molecule has 11 nitrogen and oxygen atoms in total. The average Bonchev–Trinajstić information content (AvgIpc) is 3.35. The Bertz CT molecular complexity index is 1560. The van der Waals surface area contributed by atoms with Gasteiger partial charge in [0.15, 0.2) is 10.8 Å². The normalized spacial score (nSPS) is 22.5. The molecule has 1 saturated heterocycles. The second kappa shape index (κ2) is 10.9. The lowest BCUT2D eigenvalue weighted by molar-refractivity contribution is 0.0981. The highest BCUT2D eigenvalue weighted by Crippen LogP contribution is 2.48. The third kappa shape index (κ3) is 6.08. The van der Waals surface area contributed by atoms with E-state index in [1.54, 1.807) is 35.1 Å². The molecular formula is C30H39N7O4S. The predicted octanol–water partition coefficient (Wildman–Crippen LogP) is 4.55. The first kappa shape index (κ1) is 28.4. The van der Waals surface area contributed by atoms with Crippen LogP contribution in [0.15, 0.2) is 47.8 Å². The maximum absolute atomic E-state index is 13.6. The molecule has 2 fully saturated rings. The number of nitrogens with one attached hydrogen (secondary N) is 2. The van der Waals surface area contributed by atoms with E-state index < -0.39 is 15.9 Å². The van der Waals surface area contributed by atoms with Crippen molar-refractivity contribution in [1.82, 2.24) is 24.5 Å². The van der Waals surface area contributed by atoms with E-state index in [0.717, 1.165) is 50.9 Å². The van der Waals surface area contributed by atoms with Crippen LogP contribution in [-0.2, 0) is 10.0 Å². The lowest BCUT2D eigenvalue weighted by atomic mass is 9.93. The minimum atomic E-state index is -4.21. The van der Waals surface area contributed by atoms with E-state index in [9.17, 15) is 13.2 Å². The summed E-state index contributed by atoms with van der Waals surface area (Å²) in [6.07, 6.45) is 10.8. The highest BCUT2D eigenvalue weighted by molar-refractivity contribution is 7.90. The van der Waals surface area contributed by atoms with E-state index in [2.05, 4.69) is 45.8 Å². The van der Waals surface area contributed by atoms with E-state index in [-0.39, 0.29) is 16.1 Å². The number of sulfonamides is 1. The van der Waals surface area contributed by atoms with Gasteiger partial charge in [-0.15, -0.1) is 5.10 Å². The fourth-order valence-electron chi connectivity index (χ4n) is 5.94. The van der Waals surface area contributed by atoms with Gasteiger partial charge >= 0.3 is 0 Å². The third-order valence-electron chi connectivity index (χ3n) is 8.79. The van der Waals surface area contributed by atoms with Crippen molar-refractivity contribution in [2.45, 2.75) is 76.3 Å². The zero-order valence-electron chi connectivity index (χ0n) is 24.5. The number of aromatic nitrogens is 4. The van der Waals surface area contributed by atoms with Crippen molar-refractivity contribution in [1.29, 1.82) is 0 Å². The van der Waals surface area contributed by atoms with E-state index >= 15 is 0 Å². The number of carbonyl (C=O) groups is 1. The molecule has 0 spiro atoms. The fourth-order valence-corrected chi connectivity index (χ4v) is 6.84. The minimum Gasteiger partial charge on any atom is -0.477 e. The van der Waals surface area contributed by atoms with Gasteiger partial charge in [0.25, 0.3) is 15.9 Å². The Morgan fingerprint density at radius 1 is 1.10 bits per heavy atom. The van der Waals surface area contributed by atoms with E-state index in [4.69, 9.17) is 9.72 Å². The molecule has 42 heavy (non-hydrogen) atoms. The molecule has 1 saturated carbocycles. The lowest BCUT2D eigenvalue weighted by Crippen LogP contribution is -2.41. The Hall–Kier alpha value is -3.67. The zero-order chi connectivity index (χ0) is 29.5. The van der Waals surface area contributed by atoms with Crippen molar-refractivity contribution in [3.05, 3.63) is 48.3 Å². The van der Waals surface area contributed by atoms with Crippen LogP contribution in [0.3, 0.4) is 0 Å². The molecule has 3 aromatic heterocycles. The first-order valence-corrected chi connectivity index (χ1v) is 16.2. The SMILES string of the molecule is CC1(CCOc2ccn(-c3ccc4c(n3)N3CC(CCCCNc5ccc(nc5)S(=O)(=O)NC4=O)CC3(C)C)n2)CC1. The number of pyridine rings is 2. The lowest BCUT2D eigenvalue weighted by Gasteiger charge is -2.34. The van der Waals surface area contributed by atoms with Crippen LogP contribution in [0.25, 0.3) is 5.82 Å². The Labute approximate surface area is 247 Å². The molecule has 3 aromatic rings. The summed E-state index contributed by atoms with van der Waals surface area (Å²) in [6.45, 7) is 8.66. The van der Waals surface area contributed by atoms with Gasteiger partial charge in [-0.25, -0.2) is 19.4 Å². The summed E-state index contributed by atoms with van der Waals surface area (Å²) in [5.41, 5.74) is 1.03. The Morgan fingerprint density at radius 2 is 1.93 bits per heavy atom. The molecule has 1 amide bonds. The van der Waals surface area contributed by atoms with E-state index in [1.807, 2.05) is 0 Å². The molecule has 7 rings (SSSR count). The number of carbonyl (C=O) groups excluding carboxylic acids is 1. The number of hydrogen-bond acceptors (Lipinski definition) is 9. The standard InChI is InChI=1S/C30H39N7O4S/c1-29(2)18-21-6-4-5-15-31-22-7-10-26(32-19-22)42(39,40)35-28(38)23-8-9-24(33-27(23)36(29)20-21)37-16-11-25(34-37)41-17-14-30(3)12-13-30/h7-11,16,19,21,31H,4-6,12-15,17-18,20H2,1-3H3,(H,35,38). The number of hydrogen-bond donors (Lipinski definition) is 2. The van der Waals surface area contributed by atoms with Gasteiger partial charge in [0.1, 0.15) is 5.82 Å². The average molecular weight is 594 g/mol. The quantitative estimate of drug-likeness (QED) is 0.437. The Morgan fingerprint density at radius 3 is 2.69 bits per heavy atom. The van der Waals surface area contributed by atoms with Crippen molar-refractivity contribution in [2.24, 2.45) is 11.3 Å². The molecule has 2 N–H and O–H groups in total. The topological polar surface area (TPSA) is 131 Å². The summed E-state index contributed by atoms with van der Waals surface area (Å²) in [7, 11) is -4.21. The van der Waals surface area contributed by atoms with Crippen molar-refractivity contribution >= 4 is 27.4 Å². The Balaban J connectivity index is 1.33. The van der Waals surface area contributed by atoms with E-state index in [0.29, 0.717) is 35.5 Å². The summed E-state index contributed by atoms with van der Waals surface area (Å²) in [5, 5.41) is 7.65. The van der Waals surface area contributed by atoms with Crippen LogP contribution >= 0.6 is 0 Å². The van der Waals surface area contributed by atoms with Gasteiger partial charge in [0.2, 0.25) is 5.88 Å². The van der Waals surface area contributed by atoms with Crippen LogP contribution in [0.2, 0.25) is 0 Å². The molecule has 12 heteroatoms. The molecule has 0 radical (unpaired) electrons. The van der Waals surface area contributed by atoms with Crippen molar-refractivity contribution in [2.75, 3.05) is 29.9 Å². The van der Waals surface area contributed by atoms with Gasteiger partial charge < -0.3 is 15.0 Å². The Kier molecular flexibility index (Phi) is 7.36. The summed E-state index contributed by atoms with van der Waals surface area (Å²) < 4.78 is 36.0. The van der Waals surface area contributed by atoms with Gasteiger partial charge in [0.05, 0.1) is 24.1 Å². The van der Waals surface area contributed by atoms with Gasteiger partial charge in [0, 0.05) is 30.9 Å². The van der Waals surface area contributed by atoms with Crippen molar-refractivity contribution < 1.29 is 17.9 Å². The molecule has 4 bridgehead atoms. The number of fused-ring (bicyclic) bond motifs is 8. The van der Waals surface area contributed by atoms with Crippen LogP contribution < -0.4 is 19.7 Å². The predicted molar refractivity (Wildman–Crippen MR) is 160 cm³/mol. The fraction of sp³-hybridized carbons (Fsp3) is 0.533. The molecule has 6 heterocycles. The van der Waals surface area contributed by atoms with Crippen LogP contribution in [0, 0.1) is 11.3 Å². The van der Waals surface area contributed by atoms with Crippen LogP contribution in [0.5, 0.6) is 5.88 Å². The van der Waals surface area contributed by atoms with Crippen LogP contribution in [-0.4, -0.2) is 59.3 Å². The minimum absolute atomic E-state index is 0.181. The third-order valence-corrected chi connectivity index (χ3v) is 10.0. The largest absolute Gasteiger partial charge is 0.477 e. The van der Waals surface area contributed by atoms with Crippen molar-refractivity contribution in [3.8, 4) is 11.7 Å². The number of rotatable bonds is 5. The van der Waals surface area contributed by atoms with E-state index in [1.165, 1.54) is 25.1 Å². The second-order valence-corrected chi connectivity index (χ2v) is 14.4. The van der Waals surface area contributed by atoms with Crippen LogP contribution in [0.4, 0.5) is 11.5 Å². The highest BCUT2D eigenvalue weighted by atomic mass is 32.2. The monoisotopic (exact) mass is 593 g/mol. The first-order chi connectivity index (χ1) is 20.0. The summed E-state index contributed by atoms with van der Waals surface area (Å²) >= 11 is 0. The molecule has 0 aromatic carbocycles. The zero-order valence-corrected chi connectivity index (χ0v) is 25.3. The number of nitrogens with zero attached hydrogens (tertiary/aromatic N) is 5. The molecule has 1 aliphatic carbocycles. The maximum Gasteiger partial charge on any atom is 0.281 e. The summed E-state index contributed by atoms with van der Waals surface area (Å²) in [5.74, 6) is 1.12. The molecule has 4 aliphatic rings. The van der Waals surface area contributed by atoms with Gasteiger partial charge in [-0.2, -0.15) is 8.42 Å². The van der Waals surface area contributed by atoms with Gasteiger partial charge in [-0.1, -0.05) is 13.3 Å². The maximum atomic E-state index is 13.6. The number of ether oxygens (including phenoxy) is 1. The van der Waals surface area contributed by atoms with Gasteiger partial charge in [-0.05, 0) is 88.0 Å². The van der Waals surface area contributed by atoms with Gasteiger partial charge in [-0.3, -0.25) is 4.79 Å². The number of anilines is 2. The molecule has 1 atom stereocenters. The molecule has 3 aliphatic heterocycles. The summed E-state index contributed by atoms with van der Waals surface area (Å²) in [4.78, 5) is 24.7. The number of amides is 1. The first-order valence-electron chi connectivity index (χ1n) is 14.8. The molecule has 224 valence electrons. The highest BCUT2D eigenvalue weighted by Gasteiger charge is 2.41.